The lowest BCUT2D eigenvalue weighted by molar-refractivity contribution is -0.107. The second-order valence-electron chi connectivity index (χ2n) is 2.80. The third kappa shape index (κ3) is 9.67. The molecule has 1 atom stereocenters. The first-order valence-corrected chi connectivity index (χ1v) is 4.46. The Hall–Kier alpha value is -0.330. The fourth-order valence-electron chi connectivity index (χ4n) is 1.05. The highest BCUT2D eigenvalue weighted by molar-refractivity contribution is 5.48. The zero-order chi connectivity index (χ0) is 9.94. The van der Waals surface area contributed by atoms with E-state index in [9.17, 15) is 4.79 Å². The van der Waals surface area contributed by atoms with Gasteiger partial charge >= 0.3 is 0 Å². The number of aldehydes is 1. The summed E-state index contributed by atoms with van der Waals surface area (Å²) in [4.78, 5) is 9.98. The molecule has 1 unspecified atom stereocenters. The molecule has 0 aliphatic heterocycles. The highest BCUT2D eigenvalue weighted by atomic mass is 16.1. The molecule has 1 nitrogen and oxygen atoms in total. The molecule has 0 aliphatic carbocycles. The minimum Gasteiger partial charge on any atom is -0.303 e. The minimum atomic E-state index is -0.185. The lowest BCUT2D eigenvalue weighted by Gasteiger charge is -1.97. The molecule has 66 valence electrons. The molecule has 0 aliphatic rings. The van der Waals surface area contributed by atoms with Crippen molar-refractivity contribution in [2.45, 2.75) is 58.2 Å². The van der Waals surface area contributed by atoms with Gasteiger partial charge in [-0.25, -0.2) is 0 Å². The van der Waals surface area contributed by atoms with Gasteiger partial charge in [0.1, 0.15) is 6.29 Å². The van der Waals surface area contributed by atoms with Crippen LogP contribution in [0.15, 0.2) is 0 Å². The highest BCUT2D eigenvalue weighted by Crippen LogP contribution is 2.07. The predicted octanol–water partition coefficient (Wildman–Crippen LogP) is 3.33. The molecule has 0 saturated heterocycles. The number of unbranched alkanes of at least 4 members (excludes halogenated alkanes) is 5. The highest BCUT2D eigenvalue weighted by Gasteiger charge is 1.89. The van der Waals surface area contributed by atoms with Gasteiger partial charge in [0.05, 0.1) is 0 Å². The summed E-state index contributed by atoms with van der Waals surface area (Å²) in [6, 6.07) is 0. The van der Waals surface area contributed by atoms with Crippen molar-refractivity contribution in [3.05, 3.63) is 0 Å². The largest absolute Gasteiger partial charge is 0.303 e. The zero-order valence-electron chi connectivity index (χ0n) is 9.22. The Labute approximate surface area is 73.0 Å². The lowest BCUT2D eigenvalue weighted by atomic mass is 10.1. The molecule has 0 spiro atoms. The fourth-order valence-corrected chi connectivity index (χ4v) is 1.05. The van der Waals surface area contributed by atoms with Crippen LogP contribution in [0.5, 0.6) is 0 Å². The Morgan fingerprint density at radius 1 is 1.18 bits per heavy atom. The van der Waals surface area contributed by atoms with E-state index in [1.807, 2.05) is 0 Å². The number of carbonyl (C=O) groups is 1. The van der Waals surface area contributed by atoms with E-state index in [1.165, 1.54) is 6.42 Å². The summed E-state index contributed by atoms with van der Waals surface area (Å²) < 4.78 is 14.3. The molecular formula is C10H20O. The normalized spacial score (nSPS) is 15.3. The molecule has 0 amide bonds. The van der Waals surface area contributed by atoms with Crippen molar-refractivity contribution < 1.29 is 7.54 Å². The molecule has 1 heteroatoms. The summed E-state index contributed by atoms with van der Waals surface area (Å²) in [7, 11) is 0. The summed E-state index contributed by atoms with van der Waals surface area (Å²) in [6.07, 6.45) is 7.84. The van der Waals surface area contributed by atoms with E-state index in [0.29, 0.717) is 6.42 Å². The third-order valence-electron chi connectivity index (χ3n) is 1.73. The van der Waals surface area contributed by atoms with Gasteiger partial charge in [0.15, 0.2) is 0 Å². The Balaban J connectivity index is 2.95. The van der Waals surface area contributed by atoms with Crippen LogP contribution in [0.3, 0.4) is 0 Å². The van der Waals surface area contributed by atoms with Crippen LogP contribution in [0.25, 0.3) is 0 Å². The van der Waals surface area contributed by atoms with Crippen LogP contribution in [-0.2, 0) is 4.79 Å². The maximum atomic E-state index is 9.98. The van der Waals surface area contributed by atoms with E-state index < -0.39 is 0 Å². The predicted molar refractivity (Wildman–Crippen MR) is 48.7 cm³/mol. The SMILES string of the molecule is [2H]CC([2H])CCCCCCCC=O. The Morgan fingerprint density at radius 2 is 1.82 bits per heavy atom. The quantitative estimate of drug-likeness (QED) is 0.391. The van der Waals surface area contributed by atoms with Gasteiger partial charge in [-0.3, -0.25) is 0 Å². The van der Waals surface area contributed by atoms with Crippen molar-refractivity contribution >= 4 is 6.29 Å². The molecule has 0 aromatic heterocycles. The van der Waals surface area contributed by atoms with E-state index >= 15 is 0 Å². The van der Waals surface area contributed by atoms with Gasteiger partial charge in [-0.15, -0.1) is 0 Å². The van der Waals surface area contributed by atoms with E-state index in [4.69, 9.17) is 2.74 Å². The number of rotatable bonds is 8. The van der Waals surface area contributed by atoms with Gasteiger partial charge in [0.25, 0.3) is 0 Å². The first-order valence-electron chi connectivity index (χ1n) is 5.74. The Morgan fingerprint density at radius 3 is 2.45 bits per heavy atom. The fraction of sp³-hybridized carbons (Fsp3) is 0.900. The minimum absolute atomic E-state index is 0.185. The zero-order valence-corrected chi connectivity index (χ0v) is 7.22. The number of carbonyl (C=O) groups excluding carboxylic acids is 1. The van der Waals surface area contributed by atoms with E-state index in [-0.39, 0.29) is 13.3 Å². The molecule has 0 fully saturated rings. The molecule has 0 aromatic carbocycles. The molecule has 0 bridgehead atoms. The second kappa shape index (κ2) is 9.67. The molecule has 0 N–H and O–H groups in total. The van der Waals surface area contributed by atoms with Gasteiger partial charge in [-0.1, -0.05) is 45.4 Å². The van der Waals surface area contributed by atoms with Crippen LogP contribution >= 0.6 is 0 Å². The second-order valence-corrected chi connectivity index (χ2v) is 2.80. The van der Waals surface area contributed by atoms with Crippen LogP contribution in [0.1, 0.15) is 61.0 Å². The van der Waals surface area contributed by atoms with Crippen molar-refractivity contribution in [1.29, 1.82) is 0 Å². The average Bonchev–Trinajstić information content (AvgIpc) is 2.16. The van der Waals surface area contributed by atoms with Crippen LogP contribution < -0.4 is 0 Å². The molecule has 11 heavy (non-hydrogen) atoms. The first-order chi connectivity index (χ1) is 6.31. The van der Waals surface area contributed by atoms with Crippen LogP contribution in [-0.4, -0.2) is 6.29 Å². The van der Waals surface area contributed by atoms with Crippen molar-refractivity contribution in [3.8, 4) is 0 Å². The van der Waals surface area contributed by atoms with E-state index in [0.717, 1.165) is 38.4 Å². The van der Waals surface area contributed by atoms with Gasteiger partial charge in [0.2, 0.25) is 0 Å². The van der Waals surface area contributed by atoms with Crippen molar-refractivity contribution in [2.75, 3.05) is 0 Å². The lowest BCUT2D eigenvalue weighted by Crippen LogP contribution is -1.80. The van der Waals surface area contributed by atoms with E-state index in [2.05, 4.69) is 0 Å². The van der Waals surface area contributed by atoms with Crippen LogP contribution in [0, 0.1) is 0 Å². The first kappa shape index (κ1) is 7.33. The average molecular weight is 158 g/mol. The standard InChI is InChI=1S/C10H20O/c1-2-3-4-5-6-7-8-9-10-11/h10H,2-9H2,1H3/i1D,2D. The molecule has 0 heterocycles. The third-order valence-corrected chi connectivity index (χ3v) is 1.73. The molecule has 0 rings (SSSR count). The van der Waals surface area contributed by atoms with Gasteiger partial charge in [-0.05, 0) is 6.42 Å². The summed E-state index contributed by atoms with van der Waals surface area (Å²) in [5, 5.41) is 0. The number of hydrogen-bond donors (Lipinski definition) is 0. The van der Waals surface area contributed by atoms with Crippen LogP contribution in [0.2, 0.25) is 0 Å². The van der Waals surface area contributed by atoms with Crippen LogP contribution in [0.4, 0.5) is 0 Å². The van der Waals surface area contributed by atoms with E-state index in [1.54, 1.807) is 0 Å². The monoisotopic (exact) mass is 158 g/mol. The number of hydrogen-bond acceptors (Lipinski definition) is 1. The molecular weight excluding hydrogens is 136 g/mol. The smallest absolute Gasteiger partial charge is 0.119 e. The van der Waals surface area contributed by atoms with Crippen molar-refractivity contribution in [1.82, 2.24) is 0 Å². The Kier molecular flexibility index (Phi) is 6.44. The molecule has 0 aromatic rings. The van der Waals surface area contributed by atoms with Crippen molar-refractivity contribution in [3.63, 3.8) is 0 Å². The topological polar surface area (TPSA) is 17.1 Å². The summed E-state index contributed by atoms with van der Waals surface area (Å²) in [5.74, 6) is 0. The molecule has 0 saturated carbocycles. The van der Waals surface area contributed by atoms with Gasteiger partial charge in [0, 0.05) is 9.16 Å². The van der Waals surface area contributed by atoms with Gasteiger partial charge < -0.3 is 4.79 Å². The maximum Gasteiger partial charge on any atom is 0.119 e. The summed E-state index contributed by atoms with van der Waals surface area (Å²) in [5.41, 5.74) is 0. The maximum absolute atomic E-state index is 9.98. The summed E-state index contributed by atoms with van der Waals surface area (Å²) in [6.45, 7) is 0.227. The van der Waals surface area contributed by atoms with Crippen molar-refractivity contribution in [2.24, 2.45) is 0 Å². The summed E-state index contributed by atoms with van der Waals surface area (Å²) >= 11 is 0. The molecule has 0 radical (unpaired) electrons. The Bertz CT molecular complexity index is 117. The van der Waals surface area contributed by atoms with Gasteiger partial charge in [-0.2, -0.15) is 0 Å².